The van der Waals surface area contributed by atoms with E-state index in [1.54, 1.807) is 0 Å². The fourth-order valence-corrected chi connectivity index (χ4v) is 1.73. The van der Waals surface area contributed by atoms with Gasteiger partial charge in [0, 0.05) is 12.1 Å². The molecule has 1 aliphatic heterocycles. The van der Waals surface area contributed by atoms with Crippen molar-refractivity contribution in [2.75, 3.05) is 13.1 Å². The molecule has 3 heteroatoms. The number of hydrogen-bond donors (Lipinski definition) is 1. The molecule has 0 amide bonds. The number of ketones is 1. The van der Waals surface area contributed by atoms with Gasteiger partial charge >= 0.3 is 0 Å². The number of carbonyl (C=O) groups is 1. The van der Waals surface area contributed by atoms with Gasteiger partial charge in [-0.25, -0.2) is 0 Å². The van der Waals surface area contributed by atoms with E-state index in [1.807, 2.05) is 32.0 Å². The molecule has 1 N–H and O–H groups in total. The predicted molar refractivity (Wildman–Crippen MR) is 65.2 cm³/mol. The standard InChI is InChI=1S/C13H16N2O/c1-9-3-4-11(7-10(9)2)12(16)8-13-14-5-6-15-13/h3-4,7H,5-6,8H2,1-2H3,(H,14,15). The fraction of sp³-hybridized carbons (Fsp3) is 0.385. The Bertz CT molecular complexity index is 449. The Labute approximate surface area is 95.6 Å². The van der Waals surface area contributed by atoms with Crippen LogP contribution in [0.15, 0.2) is 23.2 Å². The van der Waals surface area contributed by atoms with Crippen LogP contribution in [-0.2, 0) is 0 Å². The lowest BCUT2D eigenvalue weighted by Gasteiger charge is -2.05. The van der Waals surface area contributed by atoms with Crippen molar-refractivity contribution in [1.29, 1.82) is 0 Å². The maximum absolute atomic E-state index is 11.9. The summed E-state index contributed by atoms with van der Waals surface area (Å²) in [6.45, 7) is 5.72. The Hall–Kier alpha value is -1.64. The molecule has 0 fully saturated rings. The molecule has 16 heavy (non-hydrogen) atoms. The first-order chi connectivity index (χ1) is 7.66. The highest BCUT2D eigenvalue weighted by Crippen LogP contribution is 2.12. The van der Waals surface area contributed by atoms with Crippen LogP contribution in [0.2, 0.25) is 0 Å². The molecule has 1 aromatic carbocycles. The quantitative estimate of drug-likeness (QED) is 0.784. The lowest BCUT2D eigenvalue weighted by molar-refractivity contribution is 0.1000. The summed E-state index contributed by atoms with van der Waals surface area (Å²) in [6.07, 6.45) is 0.391. The number of carbonyl (C=O) groups excluding carboxylic acids is 1. The number of benzene rings is 1. The molecule has 0 bridgehead atoms. The van der Waals surface area contributed by atoms with E-state index in [4.69, 9.17) is 0 Å². The van der Waals surface area contributed by atoms with Crippen LogP contribution in [0.1, 0.15) is 27.9 Å². The van der Waals surface area contributed by atoms with E-state index in [9.17, 15) is 4.79 Å². The van der Waals surface area contributed by atoms with Gasteiger partial charge in [-0.05, 0) is 31.0 Å². The van der Waals surface area contributed by atoms with Crippen LogP contribution >= 0.6 is 0 Å². The Balaban J connectivity index is 2.11. The molecule has 1 heterocycles. The van der Waals surface area contributed by atoms with Gasteiger partial charge < -0.3 is 5.32 Å². The summed E-state index contributed by atoms with van der Waals surface area (Å²) < 4.78 is 0. The summed E-state index contributed by atoms with van der Waals surface area (Å²) in [5, 5.41) is 3.11. The fourth-order valence-electron chi connectivity index (χ4n) is 1.73. The highest BCUT2D eigenvalue weighted by molar-refractivity contribution is 6.09. The van der Waals surface area contributed by atoms with Crippen LogP contribution in [0.4, 0.5) is 0 Å². The van der Waals surface area contributed by atoms with Crippen LogP contribution in [0.5, 0.6) is 0 Å². The first kappa shape index (κ1) is 10.9. The molecule has 84 valence electrons. The Morgan fingerprint density at radius 1 is 1.38 bits per heavy atom. The lowest BCUT2D eigenvalue weighted by Crippen LogP contribution is -2.21. The average molecular weight is 216 g/mol. The molecule has 0 unspecified atom stereocenters. The summed E-state index contributed by atoms with van der Waals surface area (Å²) >= 11 is 0. The monoisotopic (exact) mass is 216 g/mol. The molecule has 0 saturated heterocycles. The van der Waals surface area contributed by atoms with Crippen molar-refractivity contribution >= 4 is 11.6 Å². The number of aliphatic imine (C=N–C) groups is 1. The number of hydrogen-bond acceptors (Lipinski definition) is 3. The van der Waals surface area contributed by atoms with Gasteiger partial charge in [-0.3, -0.25) is 9.79 Å². The summed E-state index contributed by atoms with van der Waals surface area (Å²) in [4.78, 5) is 16.2. The smallest absolute Gasteiger partial charge is 0.170 e. The van der Waals surface area contributed by atoms with E-state index in [2.05, 4.69) is 10.3 Å². The van der Waals surface area contributed by atoms with Crippen LogP contribution in [0.25, 0.3) is 0 Å². The van der Waals surface area contributed by atoms with Gasteiger partial charge in [-0.15, -0.1) is 0 Å². The molecule has 0 aliphatic carbocycles. The minimum atomic E-state index is 0.135. The third-order valence-corrected chi connectivity index (χ3v) is 2.90. The van der Waals surface area contributed by atoms with Gasteiger partial charge in [0.25, 0.3) is 0 Å². The van der Waals surface area contributed by atoms with Gasteiger partial charge in [-0.1, -0.05) is 12.1 Å². The second-order valence-corrected chi connectivity index (χ2v) is 4.15. The van der Waals surface area contributed by atoms with Crippen molar-refractivity contribution in [3.05, 3.63) is 34.9 Å². The van der Waals surface area contributed by atoms with Crippen LogP contribution < -0.4 is 5.32 Å². The lowest BCUT2D eigenvalue weighted by atomic mass is 10.0. The molecule has 0 saturated carbocycles. The highest BCUT2D eigenvalue weighted by Gasteiger charge is 2.12. The normalized spacial score (nSPS) is 14.5. The minimum absolute atomic E-state index is 0.135. The van der Waals surface area contributed by atoms with Gasteiger partial charge in [0.05, 0.1) is 13.0 Å². The number of amidine groups is 1. The number of aryl methyl sites for hydroxylation is 2. The minimum Gasteiger partial charge on any atom is -0.372 e. The molecule has 0 radical (unpaired) electrons. The number of Topliss-reactive ketones (excluding diaryl/α,β-unsaturated/α-hetero) is 1. The predicted octanol–water partition coefficient (Wildman–Crippen LogP) is 1.88. The second-order valence-electron chi connectivity index (χ2n) is 4.15. The zero-order valence-electron chi connectivity index (χ0n) is 9.71. The molecule has 0 atom stereocenters. The summed E-state index contributed by atoms with van der Waals surface area (Å²) in [7, 11) is 0. The van der Waals surface area contributed by atoms with Crippen molar-refractivity contribution < 1.29 is 4.79 Å². The highest BCUT2D eigenvalue weighted by atomic mass is 16.1. The molecular weight excluding hydrogens is 200 g/mol. The van der Waals surface area contributed by atoms with Crippen molar-refractivity contribution in [1.82, 2.24) is 5.32 Å². The van der Waals surface area contributed by atoms with E-state index in [0.717, 1.165) is 30.1 Å². The zero-order valence-corrected chi connectivity index (χ0v) is 9.71. The first-order valence-electron chi connectivity index (χ1n) is 5.54. The van der Waals surface area contributed by atoms with Crippen molar-refractivity contribution in [2.24, 2.45) is 4.99 Å². The Morgan fingerprint density at radius 3 is 2.81 bits per heavy atom. The molecule has 1 aliphatic rings. The van der Waals surface area contributed by atoms with Gasteiger partial charge in [0.2, 0.25) is 0 Å². The van der Waals surface area contributed by atoms with Crippen molar-refractivity contribution in [3.63, 3.8) is 0 Å². The van der Waals surface area contributed by atoms with Gasteiger partial charge in [-0.2, -0.15) is 0 Å². The largest absolute Gasteiger partial charge is 0.372 e. The average Bonchev–Trinajstić information content (AvgIpc) is 2.74. The molecule has 3 nitrogen and oxygen atoms in total. The number of nitrogens with zero attached hydrogens (tertiary/aromatic N) is 1. The third kappa shape index (κ3) is 2.30. The Morgan fingerprint density at radius 2 is 2.19 bits per heavy atom. The SMILES string of the molecule is Cc1ccc(C(=O)CC2=NCCN2)cc1C. The molecule has 0 spiro atoms. The zero-order chi connectivity index (χ0) is 11.5. The maximum Gasteiger partial charge on any atom is 0.170 e. The molecular formula is C13H16N2O. The van der Waals surface area contributed by atoms with E-state index in [-0.39, 0.29) is 5.78 Å². The van der Waals surface area contributed by atoms with Gasteiger partial charge in [0.15, 0.2) is 5.78 Å². The summed E-state index contributed by atoms with van der Waals surface area (Å²) in [6, 6.07) is 5.83. The van der Waals surface area contributed by atoms with E-state index in [0.29, 0.717) is 6.42 Å². The number of rotatable bonds is 3. The summed E-state index contributed by atoms with van der Waals surface area (Å²) in [5.74, 6) is 0.958. The number of nitrogens with one attached hydrogen (secondary N) is 1. The van der Waals surface area contributed by atoms with Crippen LogP contribution in [-0.4, -0.2) is 24.7 Å². The van der Waals surface area contributed by atoms with Gasteiger partial charge in [0.1, 0.15) is 5.84 Å². The van der Waals surface area contributed by atoms with Crippen molar-refractivity contribution in [2.45, 2.75) is 20.3 Å². The van der Waals surface area contributed by atoms with Crippen molar-refractivity contribution in [3.8, 4) is 0 Å². The molecule has 2 rings (SSSR count). The topological polar surface area (TPSA) is 41.5 Å². The van der Waals surface area contributed by atoms with E-state index >= 15 is 0 Å². The third-order valence-electron chi connectivity index (χ3n) is 2.90. The van der Waals surface area contributed by atoms with Crippen LogP contribution in [0.3, 0.4) is 0 Å². The first-order valence-corrected chi connectivity index (χ1v) is 5.54. The van der Waals surface area contributed by atoms with Crippen LogP contribution in [0, 0.1) is 13.8 Å². The van der Waals surface area contributed by atoms with E-state index in [1.165, 1.54) is 5.56 Å². The second kappa shape index (κ2) is 4.47. The molecule has 0 aromatic heterocycles. The summed E-state index contributed by atoms with van der Waals surface area (Å²) in [5.41, 5.74) is 3.15. The maximum atomic E-state index is 11.9. The Kier molecular flexibility index (Phi) is 3.04. The van der Waals surface area contributed by atoms with E-state index < -0.39 is 0 Å². The molecule has 1 aromatic rings.